The largest absolute Gasteiger partial charge is 0.496 e. The van der Waals surface area contributed by atoms with Gasteiger partial charge in [-0.2, -0.15) is 0 Å². The summed E-state index contributed by atoms with van der Waals surface area (Å²) in [5, 5.41) is 0. The van der Waals surface area contributed by atoms with Crippen molar-refractivity contribution in [1.82, 2.24) is 0 Å². The van der Waals surface area contributed by atoms with Gasteiger partial charge in [-0.05, 0) is 40.3 Å². The smallest absolute Gasteiger partial charge is 0.132 e. The Balaban J connectivity index is 3.09. The number of hydrogen-bond donors (Lipinski definition) is 0. The second-order valence-corrected chi connectivity index (χ2v) is 3.26. The van der Waals surface area contributed by atoms with Crippen LogP contribution in [0, 0.1) is 3.57 Å². The molecule has 0 radical (unpaired) electrons. The number of ether oxygens (including phenoxy) is 1. The summed E-state index contributed by atoms with van der Waals surface area (Å²) in [6.45, 7) is 3.68. The first-order chi connectivity index (χ1) is 5.27. The molecule has 0 bridgehead atoms. The highest BCUT2D eigenvalue weighted by atomic mass is 127. The maximum atomic E-state index is 5.10. The zero-order valence-corrected chi connectivity index (χ0v) is 8.46. The van der Waals surface area contributed by atoms with Crippen molar-refractivity contribution in [3.8, 4) is 5.75 Å². The van der Waals surface area contributed by atoms with Gasteiger partial charge in [-0.15, -0.1) is 0 Å². The first-order valence-electron chi connectivity index (χ1n) is 3.24. The Morgan fingerprint density at radius 3 is 2.73 bits per heavy atom. The summed E-state index contributed by atoms with van der Waals surface area (Å²) in [7, 11) is 1.67. The van der Waals surface area contributed by atoms with Crippen LogP contribution in [-0.2, 0) is 0 Å². The molecule has 0 amide bonds. The molecule has 0 aliphatic rings. The summed E-state index contributed by atoms with van der Waals surface area (Å²) in [5.74, 6) is 0.913. The molecule has 1 aromatic carbocycles. The molecule has 1 nitrogen and oxygen atoms in total. The van der Waals surface area contributed by atoms with Crippen LogP contribution < -0.4 is 4.74 Å². The van der Waals surface area contributed by atoms with E-state index in [-0.39, 0.29) is 0 Å². The first-order valence-corrected chi connectivity index (χ1v) is 4.32. The SMILES string of the molecule is C=Cc1ccc(OC)c(I)c1. The average Bonchev–Trinajstić information content (AvgIpc) is 2.04. The highest BCUT2D eigenvalue weighted by molar-refractivity contribution is 14.1. The molecule has 58 valence electrons. The molecule has 0 saturated heterocycles. The fourth-order valence-corrected chi connectivity index (χ4v) is 1.57. The molecule has 0 aliphatic heterocycles. The molecule has 0 saturated carbocycles. The summed E-state index contributed by atoms with van der Waals surface area (Å²) in [6, 6.07) is 5.96. The number of halogens is 1. The van der Waals surface area contributed by atoms with E-state index in [1.165, 1.54) is 0 Å². The number of hydrogen-bond acceptors (Lipinski definition) is 1. The van der Waals surface area contributed by atoms with Gasteiger partial charge in [-0.25, -0.2) is 0 Å². The molecule has 0 aromatic heterocycles. The molecule has 11 heavy (non-hydrogen) atoms. The fourth-order valence-electron chi connectivity index (χ4n) is 0.810. The molecule has 2 heteroatoms. The maximum absolute atomic E-state index is 5.10. The van der Waals surface area contributed by atoms with E-state index >= 15 is 0 Å². The van der Waals surface area contributed by atoms with Crippen molar-refractivity contribution in [3.05, 3.63) is 33.9 Å². The van der Waals surface area contributed by atoms with Gasteiger partial charge in [0.15, 0.2) is 0 Å². The van der Waals surface area contributed by atoms with Gasteiger partial charge in [0.1, 0.15) is 5.75 Å². The highest BCUT2D eigenvalue weighted by Gasteiger charge is 1.97. The summed E-state index contributed by atoms with van der Waals surface area (Å²) in [5.41, 5.74) is 1.12. The lowest BCUT2D eigenvalue weighted by atomic mass is 10.2. The molecule has 0 fully saturated rings. The molecule has 1 aromatic rings. The first kappa shape index (κ1) is 8.59. The van der Waals surface area contributed by atoms with E-state index in [0.29, 0.717) is 0 Å². The van der Waals surface area contributed by atoms with E-state index in [4.69, 9.17) is 4.74 Å². The van der Waals surface area contributed by atoms with E-state index < -0.39 is 0 Å². The molecule has 0 aliphatic carbocycles. The zero-order valence-electron chi connectivity index (χ0n) is 6.30. The summed E-state index contributed by atoms with van der Waals surface area (Å²) in [6.07, 6.45) is 1.82. The Bertz CT molecular complexity index is 268. The molecular weight excluding hydrogens is 251 g/mol. The van der Waals surface area contributed by atoms with Gasteiger partial charge in [-0.3, -0.25) is 0 Å². The standard InChI is InChI=1S/C9H9IO/c1-3-7-4-5-9(11-2)8(10)6-7/h3-6H,1H2,2H3. The third-order valence-corrected chi connectivity index (χ3v) is 2.25. The Labute approximate surface area is 80.2 Å². The van der Waals surface area contributed by atoms with Crippen molar-refractivity contribution >= 4 is 28.7 Å². The molecule has 0 heterocycles. The third kappa shape index (κ3) is 1.96. The molecule has 0 spiro atoms. The van der Waals surface area contributed by atoms with Gasteiger partial charge in [0.2, 0.25) is 0 Å². The van der Waals surface area contributed by atoms with Crippen molar-refractivity contribution in [1.29, 1.82) is 0 Å². The number of benzene rings is 1. The van der Waals surface area contributed by atoms with Crippen molar-refractivity contribution in [3.63, 3.8) is 0 Å². The van der Waals surface area contributed by atoms with E-state index in [0.717, 1.165) is 14.9 Å². The lowest BCUT2D eigenvalue weighted by Gasteiger charge is -2.02. The quantitative estimate of drug-likeness (QED) is 0.743. The second kappa shape index (κ2) is 3.76. The fraction of sp³-hybridized carbons (Fsp3) is 0.111. The predicted molar refractivity (Wildman–Crippen MR) is 55.8 cm³/mol. The Hall–Kier alpha value is -0.510. The summed E-state index contributed by atoms with van der Waals surface area (Å²) in [4.78, 5) is 0. The Kier molecular flexibility index (Phi) is 2.93. The Morgan fingerprint density at radius 2 is 2.27 bits per heavy atom. The van der Waals surface area contributed by atoms with Gasteiger partial charge < -0.3 is 4.74 Å². The minimum atomic E-state index is 0.913. The van der Waals surface area contributed by atoms with Crippen molar-refractivity contribution < 1.29 is 4.74 Å². The van der Waals surface area contributed by atoms with Gasteiger partial charge in [-0.1, -0.05) is 18.7 Å². The lowest BCUT2D eigenvalue weighted by Crippen LogP contribution is -1.86. The van der Waals surface area contributed by atoms with E-state index in [2.05, 4.69) is 29.2 Å². The second-order valence-electron chi connectivity index (χ2n) is 2.10. The molecule has 0 atom stereocenters. The van der Waals surface area contributed by atoms with E-state index in [9.17, 15) is 0 Å². The van der Waals surface area contributed by atoms with Crippen LogP contribution in [-0.4, -0.2) is 7.11 Å². The van der Waals surface area contributed by atoms with Crippen LogP contribution in [0.15, 0.2) is 24.8 Å². The van der Waals surface area contributed by atoms with Crippen LogP contribution in [0.1, 0.15) is 5.56 Å². The van der Waals surface area contributed by atoms with E-state index in [1.807, 2.05) is 24.3 Å². The summed E-state index contributed by atoms with van der Waals surface area (Å²) >= 11 is 2.24. The van der Waals surface area contributed by atoms with Crippen LogP contribution in [0.2, 0.25) is 0 Å². The average molecular weight is 260 g/mol. The van der Waals surface area contributed by atoms with Gasteiger partial charge in [0, 0.05) is 0 Å². The third-order valence-electron chi connectivity index (χ3n) is 1.41. The lowest BCUT2D eigenvalue weighted by molar-refractivity contribution is 0.412. The summed E-state index contributed by atoms with van der Waals surface area (Å²) < 4.78 is 6.22. The van der Waals surface area contributed by atoms with Gasteiger partial charge in [0.05, 0.1) is 10.7 Å². The Morgan fingerprint density at radius 1 is 1.55 bits per heavy atom. The molecule has 0 N–H and O–H groups in total. The van der Waals surface area contributed by atoms with Crippen LogP contribution in [0.5, 0.6) is 5.75 Å². The van der Waals surface area contributed by atoms with Crippen LogP contribution in [0.4, 0.5) is 0 Å². The van der Waals surface area contributed by atoms with Crippen molar-refractivity contribution in [2.75, 3.05) is 7.11 Å². The van der Waals surface area contributed by atoms with Crippen LogP contribution in [0.25, 0.3) is 6.08 Å². The van der Waals surface area contributed by atoms with Gasteiger partial charge in [0.25, 0.3) is 0 Å². The van der Waals surface area contributed by atoms with E-state index in [1.54, 1.807) is 7.11 Å². The number of rotatable bonds is 2. The predicted octanol–water partition coefficient (Wildman–Crippen LogP) is 2.94. The molecular formula is C9H9IO. The molecule has 0 unspecified atom stereocenters. The highest BCUT2D eigenvalue weighted by Crippen LogP contribution is 2.21. The zero-order chi connectivity index (χ0) is 8.27. The van der Waals surface area contributed by atoms with Crippen LogP contribution >= 0.6 is 22.6 Å². The monoisotopic (exact) mass is 260 g/mol. The minimum absolute atomic E-state index is 0.913. The maximum Gasteiger partial charge on any atom is 0.132 e. The number of methoxy groups -OCH3 is 1. The van der Waals surface area contributed by atoms with Gasteiger partial charge >= 0.3 is 0 Å². The minimum Gasteiger partial charge on any atom is -0.496 e. The van der Waals surface area contributed by atoms with Crippen LogP contribution in [0.3, 0.4) is 0 Å². The van der Waals surface area contributed by atoms with Crippen molar-refractivity contribution in [2.45, 2.75) is 0 Å². The normalized spacial score (nSPS) is 9.27. The van der Waals surface area contributed by atoms with Crippen molar-refractivity contribution in [2.24, 2.45) is 0 Å². The molecule has 1 rings (SSSR count). The topological polar surface area (TPSA) is 9.23 Å².